The first-order valence-electron chi connectivity index (χ1n) is 8.05. The first-order chi connectivity index (χ1) is 13.0. The van der Waals surface area contributed by atoms with Gasteiger partial charge >= 0.3 is 0 Å². The number of ether oxygens (including phenoxy) is 1. The van der Waals surface area contributed by atoms with Gasteiger partial charge in [0.05, 0.1) is 20.6 Å². The van der Waals surface area contributed by atoms with Gasteiger partial charge in [0.2, 0.25) is 0 Å². The fraction of sp³-hybridized carbons (Fsp3) is 0.100. The molecule has 1 fully saturated rings. The van der Waals surface area contributed by atoms with Crippen LogP contribution in [0.5, 0.6) is 5.75 Å². The number of nitrogens with zero attached hydrogens (tertiary/aromatic N) is 1. The summed E-state index contributed by atoms with van der Waals surface area (Å²) in [4.78, 5) is 17.2. The number of hydrogen-bond donors (Lipinski definition) is 1. The van der Waals surface area contributed by atoms with Crippen LogP contribution in [0, 0.1) is 6.92 Å². The van der Waals surface area contributed by atoms with Gasteiger partial charge in [0, 0.05) is 0 Å². The number of rotatable bonds is 5. The smallest absolute Gasteiger partial charge is 0.264 e. The summed E-state index contributed by atoms with van der Waals surface area (Å²) in [6, 6.07) is 11.1. The molecular formula is C20H16Cl2N2O2S. The molecule has 1 aliphatic rings. The average molecular weight is 419 g/mol. The normalized spacial score (nSPS) is 16.6. The minimum absolute atomic E-state index is 0.218. The number of halogens is 2. The van der Waals surface area contributed by atoms with Crippen molar-refractivity contribution >= 4 is 57.8 Å². The molecule has 27 heavy (non-hydrogen) atoms. The van der Waals surface area contributed by atoms with Crippen LogP contribution in [-0.4, -0.2) is 17.7 Å². The van der Waals surface area contributed by atoms with E-state index in [1.807, 2.05) is 31.2 Å². The molecule has 1 heterocycles. The fourth-order valence-corrected chi connectivity index (χ4v) is 3.77. The van der Waals surface area contributed by atoms with Crippen LogP contribution in [0.4, 0.5) is 5.69 Å². The highest BCUT2D eigenvalue weighted by molar-refractivity contribution is 8.18. The average Bonchev–Trinajstić information content (AvgIpc) is 2.95. The van der Waals surface area contributed by atoms with Crippen molar-refractivity contribution in [2.24, 2.45) is 4.99 Å². The Morgan fingerprint density at radius 3 is 2.52 bits per heavy atom. The number of aliphatic imine (C=N–C) groups is 1. The van der Waals surface area contributed by atoms with Gasteiger partial charge < -0.3 is 10.1 Å². The van der Waals surface area contributed by atoms with Gasteiger partial charge in [-0.15, -0.1) is 0 Å². The van der Waals surface area contributed by atoms with E-state index in [1.165, 1.54) is 11.8 Å². The molecule has 138 valence electrons. The quantitative estimate of drug-likeness (QED) is 0.495. The standard InChI is InChI=1S/C20H16Cl2N2O2S/c1-3-8-26-18-15(21)9-13(10-16(18)22)11-17-19(25)24-20(27-17)23-14-6-4-12(2)5-7-14/h3-7,9-11H,1,8H2,2H3,(H,23,24,25)/b17-11-. The van der Waals surface area contributed by atoms with E-state index in [0.717, 1.165) is 11.3 Å². The Morgan fingerprint density at radius 1 is 1.22 bits per heavy atom. The van der Waals surface area contributed by atoms with Gasteiger partial charge in [0.25, 0.3) is 5.91 Å². The van der Waals surface area contributed by atoms with Gasteiger partial charge in [0.1, 0.15) is 6.61 Å². The molecule has 1 N–H and O–H groups in total. The summed E-state index contributed by atoms with van der Waals surface area (Å²) >= 11 is 13.7. The van der Waals surface area contributed by atoms with Crippen molar-refractivity contribution in [1.82, 2.24) is 5.32 Å². The molecule has 0 spiro atoms. The molecule has 0 atom stereocenters. The third-order valence-electron chi connectivity index (χ3n) is 3.58. The summed E-state index contributed by atoms with van der Waals surface area (Å²) in [5, 5.41) is 4.02. The molecule has 0 bridgehead atoms. The van der Waals surface area contributed by atoms with E-state index < -0.39 is 0 Å². The van der Waals surface area contributed by atoms with E-state index in [0.29, 0.717) is 38.0 Å². The Morgan fingerprint density at radius 2 is 1.89 bits per heavy atom. The maximum Gasteiger partial charge on any atom is 0.264 e. The van der Waals surface area contributed by atoms with Gasteiger partial charge in [-0.2, -0.15) is 0 Å². The van der Waals surface area contributed by atoms with E-state index in [-0.39, 0.29) is 5.91 Å². The highest BCUT2D eigenvalue weighted by atomic mass is 35.5. The molecule has 7 heteroatoms. The maximum atomic E-state index is 12.2. The molecule has 2 aromatic rings. The minimum atomic E-state index is -0.218. The molecule has 4 nitrogen and oxygen atoms in total. The zero-order valence-electron chi connectivity index (χ0n) is 14.5. The molecule has 1 saturated heterocycles. The predicted octanol–water partition coefficient (Wildman–Crippen LogP) is 5.76. The van der Waals surface area contributed by atoms with Gasteiger partial charge in [0.15, 0.2) is 10.9 Å². The SMILES string of the molecule is C=CCOc1c(Cl)cc(/C=C2\SC(=Nc3ccc(C)cc3)NC2=O)cc1Cl. The summed E-state index contributed by atoms with van der Waals surface area (Å²) in [5.74, 6) is 0.177. The Bertz CT molecular complexity index is 930. The second kappa shape index (κ2) is 8.65. The number of carbonyl (C=O) groups is 1. The van der Waals surface area contributed by atoms with Crippen LogP contribution in [0.2, 0.25) is 10.0 Å². The molecule has 1 aliphatic heterocycles. The number of aryl methyl sites for hydroxylation is 1. The second-order valence-electron chi connectivity index (χ2n) is 5.73. The molecule has 3 rings (SSSR count). The molecule has 1 amide bonds. The zero-order chi connectivity index (χ0) is 19.4. The number of amidine groups is 1. The van der Waals surface area contributed by atoms with E-state index in [2.05, 4.69) is 16.9 Å². The van der Waals surface area contributed by atoms with Crippen molar-refractivity contribution in [3.05, 3.63) is 75.1 Å². The monoisotopic (exact) mass is 418 g/mol. The third kappa shape index (κ3) is 4.95. The van der Waals surface area contributed by atoms with Crippen LogP contribution in [0.15, 0.2) is 59.0 Å². The van der Waals surface area contributed by atoms with Crippen molar-refractivity contribution in [3.8, 4) is 5.75 Å². The largest absolute Gasteiger partial charge is 0.486 e. The number of benzene rings is 2. The van der Waals surface area contributed by atoms with Gasteiger partial charge in [-0.1, -0.05) is 53.6 Å². The zero-order valence-corrected chi connectivity index (χ0v) is 16.8. The van der Waals surface area contributed by atoms with Crippen molar-refractivity contribution in [1.29, 1.82) is 0 Å². The van der Waals surface area contributed by atoms with Crippen LogP contribution in [0.25, 0.3) is 6.08 Å². The predicted molar refractivity (Wildman–Crippen MR) is 114 cm³/mol. The van der Waals surface area contributed by atoms with E-state index >= 15 is 0 Å². The Balaban J connectivity index is 1.82. The Hall–Kier alpha value is -2.21. The molecule has 0 saturated carbocycles. The van der Waals surface area contributed by atoms with Crippen LogP contribution in [0.3, 0.4) is 0 Å². The lowest BCUT2D eigenvalue weighted by atomic mass is 10.2. The van der Waals surface area contributed by atoms with Gasteiger partial charge in [-0.3, -0.25) is 4.79 Å². The number of nitrogens with one attached hydrogen (secondary N) is 1. The first-order valence-corrected chi connectivity index (χ1v) is 9.62. The number of amides is 1. The minimum Gasteiger partial charge on any atom is -0.486 e. The molecule has 0 aliphatic carbocycles. The lowest BCUT2D eigenvalue weighted by molar-refractivity contribution is -0.115. The lowest BCUT2D eigenvalue weighted by Crippen LogP contribution is -2.19. The van der Waals surface area contributed by atoms with Crippen LogP contribution in [0.1, 0.15) is 11.1 Å². The van der Waals surface area contributed by atoms with Gasteiger partial charge in [-0.05, 0) is 54.6 Å². The van der Waals surface area contributed by atoms with E-state index in [9.17, 15) is 4.79 Å². The summed E-state index contributed by atoms with van der Waals surface area (Å²) in [7, 11) is 0. The van der Waals surface area contributed by atoms with Crippen LogP contribution in [-0.2, 0) is 4.79 Å². The highest BCUT2D eigenvalue weighted by Gasteiger charge is 2.24. The maximum absolute atomic E-state index is 12.2. The van der Waals surface area contributed by atoms with Crippen LogP contribution >= 0.6 is 35.0 Å². The molecule has 0 unspecified atom stereocenters. The molecule has 2 aromatic carbocycles. The number of thioether (sulfide) groups is 1. The van der Waals surface area contributed by atoms with Gasteiger partial charge in [-0.25, -0.2) is 4.99 Å². The second-order valence-corrected chi connectivity index (χ2v) is 7.58. The molecular weight excluding hydrogens is 403 g/mol. The summed E-state index contributed by atoms with van der Waals surface area (Å²) in [6.45, 7) is 5.90. The number of hydrogen-bond acceptors (Lipinski definition) is 4. The molecule has 0 aromatic heterocycles. The molecule has 0 radical (unpaired) electrons. The summed E-state index contributed by atoms with van der Waals surface area (Å²) in [6.07, 6.45) is 3.32. The van der Waals surface area contributed by atoms with Crippen molar-refractivity contribution < 1.29 is 9.53 Å². The fourth-order valence-electron chi connectivity index (χ4n) is 2.31. The third-order valence-corrected chi connectivity index (χ3v) is 5.05. The first kappa shape index (κ1) is 19.5. The number of carbonyl (C=O) groups excluding carboxylic acids is 1. The van der Waals surface area contributed by atoms with E-state index in [1.54, 1.807) is 24.3 Å². The van der Waals surface area contributed by atoms with Crippen molar-refractivity contribution in [2.75, 3.05) is 6.61 Å². The highest BCUT2D eigenvalue weighted by Crippen LogP contribution is 2.36. The van der Waals surface area contributed by atoms with Crippen molar-refractivity contribution in [2.45, 2.75) is 6.92 Å². The summed E-state index contributed by atoms with van der Waals surface area (Å²) < 4.78 is 5.45. The lowest BCUT2D eigenvalue weighted by Gasteiger charge is -2.09. The summed E-state index contributed by atoms with van der Waals surface area (Å²) in [5.41, 5.74) is 2.63. The topological polar surface area (TPSA) is 50.7 Å². The Labute approximate surface area is 171 Å². The Kier molecular flexibility index (Phi) is 6.26. The van der Waals surface area contributed by atoms with E-state index in [4.69, 9.17) is 27.9 Å². The van der Waals surface area contributed by atoms with Crippen LogP contribution < -0.4 is 10.1 Å². The van der Waals surface area contributed by atoms with Crippen molar-refractivity contribution in [3.63, 3.8) is 0 Å².